The standard InChI is InChI=1S/C18H21BFNO5S/c1-17(2)18(3,4)26-19(25-17)12-7-11(8-13(20)9-12)15-10-14(27(21,23)24)5-6-16(15)22/h5-10,22H,1-4H3,(H2,21,23,24). The third kappa shape index (κ3) is 3.73. The molecule has 0 radical (unpaired) electrons. The molecule has 0 spiro atoms. The first-order valence-corrected chi connectivity index (χ1v) is 9.87. The molecule has 1 fully saturated rings. The van der Waals surface area contributed by atoms with E-state index in [1.807, 2.05) is 27.7 Å². The lowest BCUT2D eigenvalue weighted by atomic mass is 9.77. The van der Waals surface area contributed by atoms with Gasteiger partial charge in [-0.1, -0.05) is 6.07 Å². The van der Waals surface area contributed by atoms with E-state index in [4.69, 9.17) is 14.4 Å². The van der Waals surface area contributed by atoms with Gasteiger partial charge in [0.25, 0.3) is 0 Å². The molecule has 1 saturated heterocycles. The van der Waals surface area contributed by atoms with Crippen molar-refractivity contribution < 1.29 is 27.2 Å². The lowest BCUT2D eigenvalue weighted by Crippen LogP contribution is -2.41. The summed E-state index contributed by atoms with van der Waals surface area (Å²) in [5, 5.41) is 15.3. The number of benzene rings is 2. The molecule has 1 aliphatic rings. The molecular formula is C18H21BFNO5S. The molecule has 6 nitrogen and oxygen atoms in total. The smallest absolute Gasteiger partial charge is 0.494 e. The van der Waals surface area contributed by atoms with Gasteiger partial charge in [-0.2, -0.15) is 0 Å². The Morgan fingerprint density at radius 2 is 1.63 bits per heavy atom. The molecule has 0 aromatic heterocycles. The third-order valence-corrected chi connectivity index (χ3v) is 5.96. The van der Waals surface area contributed by atoms with E-state index in [9.17, 15) is 17.9 Å². The van der Waals surface area contributed by atoms with Gasteiger partial charge in [0, 0.05) is 5.56 Å². The average molecular weight is 393 g/mol. The topological polar surface area (TPSA) is 98.9 Å². The van der Waals surface area contributed by atoms with Gasteiger partial charge in [0.1, 0.15) is 11.6 Å². The molecule has 27 heavy (non-hydrogen) atoms. The van der Waals surface area contributed by atoms with Gasteiger partial charge in [-0.25, -0.2) is 17.9 Å². The molecule has 2 aromatic carbocycles. The minimum Gasteiger partial charge on any atom is -0.507 e. The van der Waals surface area contributed by atoms with Crippen molar-refractivity contribution in [2.75, 3.05) is 0 Å². The number of halogens is 1. The molecule has 1 heterocycles. The number of aromatic hydroxyl groups is 1. The van der Waals surface area contributed by atoms with Gasteiger partial charge < -0.3 is 14.4 Å². The van der Waals surface area contributed by atoms with Gasteiger partial charge >= 0.3 is 7.12 Å². The van der Waals surface area contributed by atoms with Crippen molar-refractivity contribution in [3.8, 4) is 16.9 Å². The molecule has 2 aromatic rings. The van der Waals surface area contributed by atoms with E-state index in [2.05, 4.69) is 0 Å². The summed E-state index contributed by atoms with van der Waals surface area (Å²) in [6.07, 6.45) is 0. The Morgan fingerprint density at radius 3 is 2.19 bits per heavy atom. The predicted octanol–water partition coefficient (Wildman–Crippen LogP) is 2.14. The van der Waals surface area contributed by atoms with E-state index < -0.39 is 34.2 Å². The lowest BCUT2D eigenvalue weighted by Gasteiger charge is -2.32. The van der Waals surface area contributed by atoms with E-state index in [1.54, 1.807) is 6.07 Å². The van der Waals surface area contributed by atoms with Crippen LogP contribution in [0.15, 0.2) is 41.3 Å². The largest absolute Gasteiger partial charge is 0.507 e. The van der Waals surface area contributed by atoms with Crippen molar-refractivity contribution in [3.05, 3.63) is 42.2 Å². The van der Waals surface area contributed by atoms with E-state index in [0.29, 0.717) is 5.46 Å². The fourth-order valence-electron chi connectivity index (χ4n) is 2.81. The maximum Gasteiger partial charge on any atom is 0.494 e. The number of phenols is 1. The molecule has 3 N–H and O–H groups in total. The van der Waals surface area contributed by atoms with Gasteiger partial charge in [-0.05, 0) is 69.1 Å². The van der Waals surface area contributed by atoms with Crippen LogP contribution in [0.5, 0.6) is 5.75 Å². The highest BCUT2D eigenvalue weighted by Gasteiger charge is 2.51. The van der Waals surface area contributed by atoms with Crippen LogP contribution in [0, 0.1) is 5.82 Å². The number of nitrogens with two attached hydrogens (primary N) is 1. The Bertz CT molecular complexity index is 991. The Hall–Kier alpha value is -1.94. The summed E-state index contributed by atoms with van der Waals surface area (Å²) in [6.45, 7) is 7.53. The summed E-state index contributed by atoms with van der Waals surface area (Å²) >= 11 is 0. The first-order chi connectivity index (χ1) is 12.3. The first-order valence-electron chi connectivity index (χ1n) is 8.32. The van der Waals surface area contributed by atoms with Crippen LogP contribution in [-0.4, -0.2) is 31.8 Å². The Morgan fingerprint density at radius 1 is 1.04 bits per heavy atom. The van der Waals surface area contributed by atoms with Crippen molar-refractivity contribution in [1.82, 2.24) is 0 Å². The minimum absolute atomic E-state index is 0.138. The molecule has 0 bridgehead atoms. The van der Waals surface area contributed by atoms with Gasteiger partial charge in [0.15, 0.2) is 0 Å². The lowest BCUT2D eigenvalue weighted by molar-refractivity contribution is 0.00578. The van der Waals surface area contributed by atoms with Crippen LogP contribution in [0.25, 0.3) is 11.1 Å². The quantitative estimate of drug-likeness (QED) is 0.779. The number of sulfonamides is 1. The second-order valence-corrected chi connectivity index (χ2v) is 9.15. The molecule has 1 aliphatic heterocycles. The van der Waals surface area contributed by atoms with Crippen LogP contribution in [0.2, 0.25) is 0 Å². The molecule has 0 saturated carbocycles. The molecule has 9 heteroatoms. The van der Waals surface area contributed by atoms with Gasteiger partial charge in [-0.3, -0.25) is 0 Å². The molecule has 0 unspecified atom stereocenters. The first kappa shape index (κ1) is 19.8. The van der Waals surface area contributed by atoms with Crippen molar-refractivity contribution in [2.24, 2.45) is 5.14 Å². The highest BCUT2D eigenvalue weighted by molar-refractivity contribution is 7.89. The molecule has 0 aliphatic carbocycles. The Kier molecular flexibility index (Phi) is 4.63. The highest BCUT2D eigenvalue weighted by Crippen LogP contribution is 2.37. The summed E-state index contributed by atoms with van der Waals surface area (Å²) < 4.78 is 49.3. The second-order valence-electron chi connectivity index (χ2n) is 7.59. The number of primary sulfonamides is 1. The second kappa shape index (κ2) is 6.30. The van der Waals surface area contributed by atoms with Gasteiger partial charge in [-0.15, -0.1) is 0 Å². The van der Waals surface area contributed by atoms with Crippen molar-refractivity contribution in [1.29, 1.82) is 0 Å². The van der Waals surface area contributed by atoms with Crippen LogP contribution >= 0.6 is 0 Å². The summed E-state index contributed by atoms with van der Waals surface area (Å²) in [5.74, 6) is -0.773. The summed E-state index contributed by atoms with van der Waals surface area (Å²) in [7, 11) is -4.77. The van der Waals surface area contributed by atoms with Crippen molar-refractivity contribution >= 4 is 22.6 Å². The van der Waals surface area contributed by atoms with Crippen LogP contribution in [-0.2, 0) is 19.3 Å². The molecule has 3 rings (SSSR count). The summed E-state index contributed by atoms with van der Waals surface area (Å²) in [6, 6.07) is 7.65. The summed E-state index contributed by atoms with van der Waals surface area (Å²) in [4.78, 5) is -0.184. The fourth-order valence-corrected chi connectivity index (χ4v) is 3.35. The van der Waals surface area contributed by atoms with E-state index in [-0.39, 0.29) is 21.8 Å². The zero-order valence-corrected chi connectivity index (χ0v) is 16.3. The van der Waals surface area contributed by atoms with Crippen molar-refractivity contribution in [3.63, 3.8) is 0 Å². The molecule has 144 valence electrons. The molecule has 0 atom stereocenters. The Labute approximate surface area is 158 Å². The van der Waals surface area contributed by atoms with Crippen molar-refractivity contribution in [2.45, 2.75) is 43.8 Å². The predicted molar refractivity (Wildman–Crippen MR) is 101 cm³/mol. The van der Waals surface area contributed by atoms with Gasteiger partial charge in [0.05, 0.1) is 16.1 Å². The minimum atomic E-state index is -3.97. The van der Waals surface area contributed by atoms with E-state index in [1.165, 1.54) is 30.3 Å². The molecular weight excluding hydrogens is 372 g/mol. The van der Waals surface area contributed by atoms with E-state index in [0.717, 1.165) is 0 Å². The number of hydrogen-bond donors (Lipinski definition) is 2. The maximum atomic E-state index is 14.3. The Balaban J connectivity index is 2.08. The number of phenolic OH excluding ortho intramolecular Hbond substituents is 1. The van der Waals surface area contributed by atoms with E-state index >= 15 is 0 Å². The normalized spacial score (nSPS) is 18.7. The van der Waals surface area contributed by atoms with Crippen LogP contribution in [0.3, 0.4) is 0 Å². The summed E-state index contributed by atoms with van der Waals surface area (Å²) in [5.41, 5.74) is -0.356. The highest BCUT2D eigenvalue weighted by atomic mass is 32.2. The third-order valence-electron chi connectivity index (χ3n) is 5.05. The van der Waals surface area contributed by atoms with Crippen LogP contribution in [0.4, 0.5) is 4.39 Å². The zero-order chi connectivity index (χ0) is 20.2. The number of rotatable bonds is 3. The maximum absolute atomic E-state index is 14.3. The van der Waals surface area contributed by atoms with Crippen LogP contribution in [0.1, 0.15) is 27.7 Å². The average Bonchev–Trinajstić information content (AvgIpc) is 2.74. The SMILES string of the molecule is CC1(C)OB(c2cc(F)cc(-c3cc(S(N)(=O)=O)ccc3O)c2)OC1(C)C. The van der Waals surface area contributed by atoms with Gasteiger partial charge in [0.2, 0.25) is 10.0 Å². The monoisotopic (exact) mass is 393 g/mol. The van der Waals surface area contributed by atoms with Crippen LogP contribution < -0.4 is 10.6 Å². The molecule has 0 amide bonds. The number of hydrogen-bond acceptors (Lipinski definition) is 5. The fraction of sp³-hybridized carbons (Fsp3) is 0.333. The zero-order valence-electron chi connectivity index (χ0n) is 15.5.